The molecule has 0 fully saturated rings. The Morgan fingerprint density at radius 3 is 2.68 bits per heavy atom. The van der Waals surface area contributed by atoms with Gasteiger partial charge in [-0.1, -0.05) is 30.3 Å². The highest BCUT2D eigenvalue weighted by Crippen LogP contribution is 2.33. The van der Waals surface area contributed by atoms with Gasteiger partial charge in [0.15, 0.2) is 6.61 Å². The molecule has 0 bridgehead atoms. The van der Waals surface area contributed by atoms with E-state index in [2.05, 4.69) is 5.32 Å². The fraction of sp³-hybridized carbons (Fsp3) is 0.263. The zero-order valence-electron chi connectivity index (χ0n) is 13.6. The summed E-state index contributed by atoms with van der Waals surface area (Å²) < 4.78 is 10.6. The van der Waals surface area contributed by atoms with Gasteiger partial charge in [0.2, 0.25) is 5.91 Å². The summed E-state index contributed by atoms with van der Waals surface area (Å²) in [7, 11) is 0. The molecule has 1 aliphatic rings. The van der Waals surface area contributed by atoms with Crippen LogP contribution in [0, 0.1) is 0 Å². The normalized spacial score (nSPS) is 15.1. The highest BCUT2D eigenvalue weighted by atomic mass is 16.5. The Labute approximate surface area is 145 Å². The van der Waals surface area contributed by atoms with E-state index in [9.17, 15) is 9.59 Å². The zero-order chi connectivity index (χ0) is 17.6. The first-order valence-corrected chi connectivity index (χ1v) is 8.06. The van der Waals surface area contributed by atoms with Crippen LogP contribution in [0.15, 0.2) is 48.5 Å². The molecule has 3 rings (SSSR count). The molecule has 0 aliphatic carbocycles. The van der Waals surface area contributed by atoms with Crippen LogP contribution < -0.4 is 14.8 Å². The van der Waals surface area contributed by atoms with Crippen LogP contribution in [0.4, 0.5) is 0 Å². The largest absolute Gasteiger partial charge is 0.492 e. The number of amides is 1. The lowest BCUT2D eigenvalue weighted by molar-refractivity contribution is -0.139. The van der Waals surface area contributed by atoms with E-state index in [0.29, 0.717) is 25.3 Å². The van der Waals surface area contributed by atoms with Gasteiger partial charge < -0.3 is 19.9 Å². The molecule has 0 aromatic heterocycles. The number of carboxylic acids is 1. The standard InChI is InChI=1S/C19H19NO5/c21-18(22)12-24-14-7-5-13(6-8-14)9-10-20-19(23)16-11-25-17-4-2-1-3-15(16)17/h1-8,16H,9-12H2,(H,20,23)(H,21,22)/t16-/m1/s1. The third kappa shape index (κ3) is 4.29. The Morgan fingerprint density at radius 2 is 1.92 bits per heavy atom. The second-order valence-electron chi connectivity index (χ2n) is 5.77. The smallest absolute Gasteiger partial charge is 0.341 e. The number of carbonyl (C=O) groups excluding carboxylic acids is 1. The third-order valence-electron chi connectivity index (χ3n) is 4.01. The lowest BCUT2D eigenvalue weighted by atomic mass is 10.0. The fourth-order valence-electron chi connectivity index (χ4n) is 2.73. The summed E-state index contributed by atoms with van der Waals surface area (Å²) in [5.74, 6) is -0.0203. The Balaban J connectivity index is 1.47. The van der Waals surface area contributed by atoms with Gasteiger partial charge in [0, 0.05) is 12.1 Å². The summed E-state index contributed by atoms with van der Waals surface area (Å²) in [4.78, 5) is 22.8. The molecule has 2 aromatic carbocycles. The quantitative estimate of drug-likeness (QED) is 0.804. The predicted molar refractivity (Wildman–Crippen MR) is 91.0 cm³/mol. The molecule has 1 heterocycles. The van der Waals surface area contributed by atoms with E-state index in [1.54, 1.807) is 12.1 Å². The van der Waals surface area contributed by atoms with Crippen molar-refractivity contribution in [3.63, 3.8) is 0 Å². The van der Waals surface area contributed by atoms with Crippen molar-refractivity contribution in [2.24, 2.45) is 0 Å². The minimum Gasteiger partial charge on any atom is -0.492 e. The van der Waals surface area contributed by atoms with Crippen molar-refractivity contribution in [3.05, 3.63) is 59.7 Å². The van der Waals surface area contributed by atoms with Gasteiger partial charge in [-0.3, -0.25) is 4.79 Å². The lowest BCUT2D eigenvalue weighted by Gasteiger charge is -2.10. The van der Waals surface area contributed by atoms with Crippen LogP contribution in [0.3, 0.4) is 0 Å². The number of para-hydroxylation sites is 1. The first-order valence-electron chi connectivity index (χ1n) is 8.06. The van der Waals surface area contributed by atoms with Crippen molar-refractivity contribution in [1.29, 1.82) is 0 Å². The van der Waals surface area contributed by atoms with Crippen molar-refractivity contribution < 1.29 is 24.2 Å². The Morgan fingerprint density at radius 1 is 1.16 bits per heavy atom. The molecule has 1 aliphatic heterocycles. The van der Waals surface area contributed by atoms with Crippen LogP contribution >= 0.6 is 0 Å². The number of fused-ring (bicyclic) bond motifs is 1. The average Bonchev–Trinajstić information content (AvgIpc) is 3.05. The molecule has 1 atom stereocenters. The number of rotatable bonds is 7. The number of nitrogens with one attached hydrogen (secondary N) is 1. The topological polar surface area (TPSA) is 84.9 Å². The van der Waals surface area contributed by atoms with E-state index in [-0.39, 0.29) is 18.4 Å². The fourth-order valence-corrected chi connectivity index (χ4v) is 2.73. The van der Waals surface area contributed by atoms with Gasteiger partial charge in [-0.05, 0) is 30.2 Å². The first-order chi connectivity index (χ1) is 12.1. The first kappa shape index (κ1) is 16.8. The SMILES string of the molecule is O=C(O)COc1ccc(CCNC(=O)[C@@H]2COc3ccccc32)cc1. The monoisotopic (exact) mass is 341 g/mol. The minimum absolute atomic E-state index is 0.0358. The van der Waals surface area contributed by atoms with Gasteiger partial charge in [-0.15, -0.1) is 0 Å². The molecule has 2 aromatic rings. The minimum atomic E-state index is -1.01. The molecule has 1 amide bonds. The predicted octanol–water partition coefficient (Wildman–Crippen LogP) is 1.98. The second-order valence-corrected chi connectivity index (χ2v) is 5.77. The van der Waals surface area contributed by atoms with Crippen LogP contribution in [0.5, 0.6) is 11.5 Å². The Hall–Kier alpha value is -3.02. The molecular weight excluding hydrogens is 322 g/mol. The van der Waals surface area contributed by atoms with Crippen LogP contribution in [-0.4, -0.2) is 36.7 Å². The van der Waals surface area contributed by atoms with E-state index >= 15 is 0 Å². The van der Waals surface area contributed by atoms with Crippen LogP contribution in [-0.2, 0) is 16.0 Å². The van der Waals surface area contributed by atoms with Crippen molar-refractivity contribution >= 4 is 11.9 Å². The van der Waals surface area contributed by atoms with E-state index in [4.69, 9.17) is 14.6 Å². The molecule has 6 heteroatoms. The molecule has 0 radical (unpaired) electrons. The highest BCUT2D eigenvalue weighted by Gasteiger charge is 2.29. The third-order valence-corrected chi connectivity index (χ3v) is 4.01. The molecule has 0 saturated heterocycles. The van der Waals surface area contributed by atoms with Crippen LogP contribution in [0.1, 0.15) is 17.0 Å². The molecule has 0 spiro atoms. The molecule has 0 saturated carbocycles. The molecule has 6 nitrogen and oxygen atoms in total. The van der Waals surface area contributed by atoms with Crippen LogP contribution in [0.2, 0.25) is 0 Å². The number of hydrogen-bond acceptors (Lipinski definition) is 4. The number of aliphatic carboxylic acids is 1. The maximum Gasteiger partial charge on any atom is 0.341 e. The van der Waals surface area contributed by atoms with Gasteiger partial charge in [-0.2, -0.15) is 0 Å². The molecule has 130 valence electrons. The van der Waals surface area contributed by atoms with E-state index in [1.165, 1.54) is 0 Å². The summed E-state index contributed by atoms with van der Waals surface area (Å²) in [6.07, 6.45) is 0.681. The summed E-state index contributed by atoms with van der Waals surface area (Å²) >= 11 is 0. The highest BCUT2D eigenvalue weighted by molar-refractivity contribution is 5.85. The lowest BCUT2D eigenvalue weighted by Crippen LogP contribution is -2.31. The molecular formula is C19H19NO5. The van der Waals surface area contributed by atoms with Crippen molar-refractivity contribution in [3.8, 4) is 11.5 Å². The number of ether oxygens (including phenoxy) is 2. The zero-order valence-corrected chi connectivity index (χ0v) is 13.6. The van der Waals surface area contributed by atoms with E-state index in [0.717, 1.165) is 16.9 Å². The summed E-state index contributed by atoms with van der Waals surface area (Å²) in [6.45, 7) is 0.536. The number of benzene rings is 2. The Bertz CT molecular complexity index is 757. The molecule has 2 N–H and O–H groups in total. The second kappa shape index (κ2) is 7.70. The van der Waals surface area contributed by atoms with Crippen molar-refractivity contribution in [1.82, 2.24) is 5.32 Å². The molecule has 0 unspecified atom stereocenters. The number of carbonyl (C=O) groups is 2. The van der Waals surface area contributed by atoms with Gasteiger partial charge in [0.05, 0.1) is 0 Å². The van der Waals surface area contributed by atoms with Gasteiger partial charge >= 0.3 is 5.97 Å². The molecule has 25 heavy (non-hydrogen) atoms. The number of hydrogen-bond donors (Lipinski definition) is 2. The van der Waals surface area contributed by atoms with Gasteiger partial charge in [-0.25, -0.2) is 4.79 Å². The summed E-state index contributed by atoms with van der Waals surface area (Å²) in [5.41, 5.74) is 1.96. The van der Waals surface area contributed by atoms with Gasteiger partial charge in [0.1, 0.15) is 24.0 Å². The summed E-state index contributed by atoms with van der Waals surface area (Å²) in [5, 5.41) is 11.5. The number of carboxylic acid groups (broad SMARTS) is 1. The average molecular weight is 341 g/mol. The van der Waals surface area contributed by atoms with E-state index in [1.807, 2.05) is 36.4 Å². The Kier molecular flexibility index (Phi) is 5.18. The van der Waals surface area contributed by atoms with Gasteiger partial charge in [0.25, 0.3) is 0 Å². The summed E-state index contributed by atoms with van der Waals surface area (Å²) in [6, 6.07) is 14.8. The van der Waals surface area contributed by atoms with Crippen molar-refractivity contribution in [2.75, 3.05) is 19.8 Å². The maximum absolute atomic E-state index is 12.3. The van der Waals surface area contributed by atoms with E-state index < -0.39 is 5.97 Å². The van der Waals surface area contributed by atoms with Crippen molar-refractivity contribution in [2.45, 2.75) is 12.3 Å². The maximum atomic E-state index is 12.3. The van der Waals surface area contributed by atoms with Crippen LogP contribution in [0.25, 0.3) is 0 Å².